The maximum absolute atomic E-state index is 12.3. The molecule has 2 atom stereocenters. The Labute approximate surface area is 113 Å². The van der Waals surface area contributed by atoms with Gasteiger partial charge in [-0.25, -0.2) is 0 Å². The number of thioether (sulfide) groups is 1. The second kappa shape index (κ2) is 6.06. The van der Waals surface area contributed by atoms with E-state index in [-0.39, 0.29) is 29.1 Å². The molecule has 1 heterocycles. The van der Waals surface area contributed by atoms with Gasteiger partial charge in [0.05, 0.1) is 5.25 Å². The molecule has 1 saturated heterocycles. The van der Waals surface area contributed by atoms with E-state index in [1.807, 2.05) is 6.92 Å². The highest BCUT2D eigenvalue weighted by Crippen LogP contribution is 2.31. The molecule has 0 aromatic heterocycles. The molecule has 0 radical (unpaired) electrons. The Bertz CT molecular complexity index is 327. The molecule has 102 valence electrons. The predicted molar refractivity (Wildman–Crippen MR) is 73.2 cm³/mol. The average molecular weight is 270 g/mol. The third kappa shape index (κ3) is 3.06. The van der Waals surface area contributed by atoms with E-state index in [0.29, 0.717) is 6.42 Å². The van der Waals surface area contributed by atoms with Crippen LogP contribution in [-0.2, 0) is 9.59 Å². The third-order valence-electron chi connectivity index (χ3n) is 3.64. The van der Waals surface area contributed by atoms with E-state index in [9.17, 15) is 9.59 Å². The molecular formula is C13H22N2O2S. The fourth-order valence-electron chi connectivity index (χ4n) is 2.74. The van der Waals surface area contributed by atoms with Gasteiger partial charge in [-0.3, -0.25) is 14.5 Å². The number of nitrogens with two attached hydrogens (primary N) is 1. The topological polar surface area (TPSA) is 63.4 Å². The Kier molecular flexibility index (Phi) is 4.67. The van der Waals surface area contributed by atoms with Crippen LogP contribution in [0, 0.1) is 0 Å². The maximum atomic E-state index is 12.3. The van der Waals surface area contributed by atoms with Crippen molar-refractivity contribution in [3.63, 3.8) is 0 Å². The molecule has 2 unspecified atom stereocenters. The van der Waals surface area contributed by atoms with Gasteiger partial charge in [-0.2, -0.15) is 0 Å². The number of amides is 2. The molecule has 1 aliphatic heterocycles. The highest BCUT2D eigenvalue weighted by Gasteiger charge is 2.42. The maximum Gasteiger partial charge on any atom is 0.243 e. The van der Waals surface area contributed by atoms with E-state index in [4.69, 9.17) is 5.73 Å². The second-order valence-corrected chi connectivity index (χ2v) is 6.63. The van der Waals surface area contributed by atoms with Crippen molar-refractivity contribution in [1.29, 1.82) is 0 Å². The number of hydrogen-bond acceptors (Lipinski definition) is 4. The molecule has 18 heavy (non-hydrogen) atoms. The first-order valence-corrected chi connectivity index (χ1v) is 7.87. The molecule has 1 aliphatic carbocycles. The molecule has 0 aromatic carbocycles. The van der Waals surface area contributed by atoms with Gasteiger partial charge in [-0.15, -0.1) is 11.8 Å². The normalized spacial score (nSPS) is 27.9. The molecular weight excluding hydrogens is 248 g/mol. The van der Waals surface area contributed by atoms with Crippen molar-refractivity contribution >= 4 is 23.6 Å². The SMILES string of the molecule is CC(N)CSC1CC(=O)N(C2CCCCC2)C1=O. The van der Waals surface area contributed by atoms with Crippen molar-refractivity contribution in [3.8, 4) is 0 Å². The standard InChI is InChI=1S/C13H22N2O2S/c1-9(14)8-18-11-7-12(16)15(13(11)17)10-5-3-2-4-6-10/h9-11H,2-8,14H2,1H3. The molecule has 0 bridgehead atoms. The van der Waals surface area contributed by atoms with Crippen LogP contribution in [-0.4, -0.2) is 39.8 Å². The fourth-order valence-corrected chi connectivity index (χ4v) is 3.80. The first kappa shape index (κ1) is 13.9. The van der Waals surface area contributed by atoms with E-state index in [1.165, 1.54) is 18.2 Å². The van der Waals surface area contributed by atoms with Crippen LogP contribution < -0.4 is 5.73 Å². The summed E-state index contributed by atoms with van der Waals surface area (Å²) in [6.45, 7) is 1.92. The number of imide groups is 1. The van der Waals surface area contributed by atoms with Crippen molar-refractivity contribution < 1.29 is 9.59 Å². The number of rotatable bonds is 4. The van der Waals surface area contributed by atoms with Gasteiger partial charge in [0.15, 0.2) is 0 Å². The molecule has 1 saturated carbocycles. The van der Waals surface area contributed by atoms with Gasteiger partial charge in [0.1, 0.15) is 0 Å². The summed E-state index contributed by atoms with van der Waals surface area (Å²) in [6, 6.07) is 0.237. The van der Waals surface area contributed by atoms with Gasteiger partial charge < -0.3 is 5.73 Å². The van der Waals surface area contributed by atoms with Crippen LogP contribution in [0.1, 0.15) is 45.4 Å². The van der Waals surface area contributed by atoms with Crippen molar-refractivity contribution in [2.45, 2.75) is 62.8 Å². The minimum atomic E-state index is -0.189. The first-order valence-electron chi connectivity index (χ1n) is 6.82. The van der Waals surface area contributed by atoms with Crippen LogP contribution in [0.2, 0.25) is 0 Å². The molecule has 2 rings (SSSR count). The molecule has 4 nitrogen and oxygen atoms in total. The summed E-state index contributed by atoms with van der Waals surface area (Å²) in [5.74, 6) is 0.786. The largest absolute Gasteiger partial charge is 0.327 e. The van der Waals surface area contributed by atoms with Gasteiger partial charge in [-0.05, 0) is 19.8 Å². The number of nitrogens with zero attached hydrogens (tertiary/aromatic N) is 1. The zero-order chi connectivity index (χ0) is 13.1. The number of carbonyl (C=O) groups excluding carboxylic acids is 2. The molecule has 0 spiro atoms. The Morgan fingerprint density at radius 2 is 2.00 bits per heavy atom. The fraction of sp³-hybridized carbons (Fsp3) is 0.846. The van der Waals surface area contributed by atoms with Crippen LogP contribution in [0.25, 0.3) is 0 Å². The lowest BCUT2D eigenvalue weighted by Gasteiger charge is -2.29. The van der Waals surface area contributed by atoms with Crippen molar-refractivity contribution in [1.82, 2.24) is 4.90 Å². The van der Waals surface area contributed by atoms with E-state index in [1.54, 1.807) is 4.90 Å². The van der Waals surface area contributed by atoms with Gasteiger partial charge >= 0.3 is 0 Å². The number of likely N-dealkylation sites (tertiary alicyclic amines) is 1. The quantitative estimate of drug-likeness (QED) is 0.787. The van der Waals surface area contributed by atoms with E-state index < -0.39 is 0 Å². The summed E-state index contributed by atoms with van der Waals surface area (Å²) in [6.07, 6.45) is 5.85. The van der Waals surface area contributed by atoms with Gasteiger partial charge in [0.25, 0.3) is 0 Å². The average Bonchev–Trinajstić information content (AvgIpc) is 2.63. The Hall–Kier alpha value is -0.550. The zero-order valence-electron chi connectivity index (χ0n) is 10.9. The summed E-state index contributed by atoms with van der Waals surface area (Å²) in [5, 5.41) is -0.189. The second-order valence-electron chi connectivity index (χ2n) is 5.40. The van der Waals surface area contributed by atoms with Gasteiger partial charge in [-0.1, -0.05) is 19.3 Å². The lowest BCUT2D eigenvalue weighted by atomic mass is 9.94. The van der Waals surface area contributed by atoms with Gasteiger partial charge in [0, 0.05) is 24.3 Å². The highest BCUT2D eigenvalue weighted by molar-refractivity contribution is 8.00. The third-order valence-corrected chi connectivity index (χ3v) is 5.13. The molecule has 0 aromatic rings. The van der Waals surface area contributed by atoms with E-state index >= 15 is 0 Å². The first-order chi connectivity index (χ1) is 8.59. The summed E-state index contributed by atoms with van der Waals surface area (Å²) in [5.41, 5.74) is 5.70. The monoisotopic (exact) mass is 270 g/mol. The minimum Gasteiger partial charge on any atom is -0.327 e. The van der Waals surface area contributed by atoms with Crippen LogP contribution in [0.15, 0.2) is 0 Å². The summed E-state index contributed by atoms with van der Waals surface area (Å²) in [4.78, 5) is 25.8. The molecule has 2 aliphatic rings. The molecule has 5 heteroatoms. The van der Waals surface area contributed by atoms with E-state index in [2.05, 4.69) is 0 Å². The van der Waals surface area contributed by atoms with Gasteiger partial charge in [0.2, 0.25) is 11.8 Å². The van der Waals surface area contributed by atoms with Crippen molar-refractivity contribution in [2.24, 2.45) is 5.73 Å². The van der Waals surface area contributed by atoms with Crippen LogP contribution in [0.4, 0.5) is 0 Å². The molecule has 2 N–H and O–H groups in total. The van der Waals surface area contributed by atoms with Crippen LogP contribution in [0.5, 0.6) is 0 Å². The summed E-state index contributed by atoms with van der Waals surface area (Å²) in [7, 11) is 0. The minimum absolute atomic E-state index is 0.0223. The lowest BCUT2D eigenvalue weighted by molar-refractivity contribution is -0.141. The smallest absolute Gasteiger partial charge is 0.243 e. The summed E-state index contributed by atoms with van der Waals surface area (Å²) >= 11 is 1.53. The molecule has 2 fully saturated rings. The van der Waals surface area contributed by atoms with Crippen molar-refractivity contribution in [3.05, 3.63) is 0 Å². The number of hydrogen-bond donors (Lipinski definition) is 1. The Morgan fingerprint density at radius 3 is 2.61 bits per heavy atom. The van der Waals surface area contributed by atoms with E-state index in [0.717, 1.165) is 31.4 Å². The van der Waals surface area contributed by atoms with Crippen LogP contribution in [0.3, 0.4) is 0 Å². The summed E-state index contributed by atoms with van der Waals surface area (Å²) < 4.78 is 0. The Morgan fingerprint density at radius 1 is 1.33 bits per heavy atom. The number of carbonyl (C=O) groups is 2. The predicted octanol–water partition coefficient (Wildman–Crippen LogP) is 1.53. The van der Waals surface area contributed by atoms with Crippen molar-refractivity contribution in [2.75, 3.05) is 5.75 Å². The molecule has 2 amide bonds. The highest BCUT2D eigenvalue weighted by atomic mass is 32.2. The lowest BCUT2D eigenvalue weighted by Crippen LogP contribution is -2.41. The zero-order valence-corrected chi connectivity index (χ0v) is 11.7. The Balaban J connectivity index is 1.95. The van der Waals surface area contributed by atoms with Crippen LogP contribution >= 0.6 is 11.8 Å².